The van der Waals surface area contributed by atoms with Gasteiger partial charge in [-0.1, -0.05) is 19.9 Å². The predicted octanol–water partition coefficient (Wildman–Crippen LogP) is 3.33. The number of halogens is 2. The van der Waals surface area contributed by atoms with Crippen molar-refractivity contribution in [3.63, 3.8) is 0 Å². The maximum atomic E-state index is 10.9. The van der Waals surface area contributed by atoms with E-state index in [2.05, 4.69) is 0 Å². The second kappa shape index (κ2) is 10.7. The van der Waals surface area contributed by atoms with E-state index in [-0.39, 0.29) is 5.56 Å². The smallest absolute Gasteiger partial charge is 0.335 e. The summed E-state index contributed by atoms with van der Waals surface area (Å²) >= 11 is 11.5. The molecule has 3 N–H and O–H groups in total. The Balaban J connectivity index is 0.000000885. The van der Waals surface area contributed by atoms with Crippen LogP contribution < -0.4 is 10.6 Å². The van der Waals surface area contributed by atoms with Gasteiger partial charge < -0.3 is 15.7 Å². The fourth-order valence-electron chi connectivity index (χ4n) is 1.64. The molecule has 0 aliphatic rings. The van der Waals surface area contributed by atoms with Gasteiger partial charge in [-0.15, -0.1) is 23.2 Å². The zero-order valence-corrected chi connectivity index (χ0v) is 14.3. The van der Waals surface area contributed by atoms with Crippen LogP contribution in [-0.4, -0.2) is 42.0 Å². The summed E-state index contributed by atoms with van der Waals surface area (Å²) in [5, 5.41) is 8.97. The fourth-order valence-corrected chi connectivity index (χ4v) is 2.05. The van der Waals surface area contributed by atoms with E-state index in [1.54, 1.807) is 18.2 Å². The van der Waals surface area contributed by atoms with E-state index < -0.39 is 5.97 Å². The van der Waals surface area contributed by atoms with Crippen molar-refractivity contribution in [2.75, 3.05) is 29.7 Å². The zero-order valence-electron chi connectivity index (χ0n) is 12.8. The van der Waals surface area contributed by atoms with Crippen LogP contribution in [0.2, 0.25) is 0 Å². The molecule has 6 heteroatoms. The third kappa shape index (κ3) is 8.15. The fraction of sp³-hybridized carbons (Fsp3) is 0.533. The highest BCUT2D eigenvalue weighted by atomic mass is 35.5. The minimum atomic E-state index is -0.928. The van der Waals surface area contributed by atoms with Crippen molar-refractivity contribution in [3.05, 3.63) is 29.3 Å². The quantitative estimate of drug-likeness (QED) is 0.783. The van der Waals surface area contributed by atoms with E-state index in [9.17, 15) is 4.79 Å². The van der Waals surface area contributed by atoms with Crippen LogP contribution >= 0.6 is 23.2 Å². The van der Waals surface area contributed by atoms with Crippen LogP contribution in [0.15, 0.2) is 18.2 Å². The van der Waals surface area contributed by atoms with E-state index >= 15 is 0 Å². The number of nitrogens with two attached hydrogens (primary N) is 1. The number of anilines is 1. The van der Waals surface area contributed by atoms with E-state index in [4.69, 9.17) is 34.0 Å². The summed E-state index contributed by atoms with van der Waals surface area (Å²) in [4.78, 5) is 12.9. The first kappa shape index (κ1) is 20.0. The molecular weight excluding hydrogens is 311 g/mol. The lowest BCUT2D eigenvalue weighted by molar-refractivity contribution is 0.0697. The lowest BCUT2D eigenvalue weighted by Gasteiger charge is -2.25. The predicted molar refractivity (Wildman–Crippen MR) is 91.1 cm³/mol. The Labute approximate surface area is 136 Å². The molecule has 4 nitrogen and oxygen atoms in total. The number of carboxylic acid groups (broad SMARTS) is 1. The maximum absolute atomic E-state index is 10.9. The lowest BCUT2D eigenvalue weighted by atomic mass is 10.1. The molecule has 0 amide bonds. The first-order valence-corrected chi connectivity index (χ1v) is 7.86. The van der Waals surface area contributed by atoms with Gasteiger partial charge in [-0.3, -0.25) is 0 Å². The largest absolute Gasteiger partial charge is 0.478 e. The highest BCUT2D eigenvalue weighted by Gasteiger charge is 2.11. The summed E-state index contributed by atoms with van der Waals surface area (Å²) in [6.07, 6.45) is 0. The summed E-state index contributed by atoms with van der Waals surface area (Å²) in [6.45, 7) is 7.13. The van der Waals surface area contributed by atoms with Crippen molar-refractivity contribution in [3.8, 4) is 0 Å². The molecule has 0 heterocycles. The number of carboxylic acids is 1. The minimum Gasteiger partial charge on any atom is -0.478 e. The molecule has 0 saturated heterocycles. The van der Waals surface area contributed by atoms with Crippen LogP contribution in [0.25, 0.3) is 0 Å². The first-order valence-electron chi connectivity index (χ1n) is 6.79. The molecule has 0 aliphatic carbocycles. The summed E-state index contributed by atoms with van der Waals surface area (Å²) < 4.78 is 0. The Kier molecular flexibility index (Phi) is 10.2. The maximum Gasteiger partial charge on any atom is 0.335 e. The van der Waals surface area contributed by atoms with E-state index in [0.29, 0.717) is 30.9 Å². The van der Waals surface area contributed by atoms with Crippen LogP contribution in [0.3, 0.4) is 0 Å². The lowest BCUT2D eigenvalue weighted by Crippen LogP contribution is -2.28. The molecule has 0 unspecified atom stereocenters. The molecule has 120 valence electrons. The van der Waals surface area contributed by atoms with Crippen molar-refractivity contribution in [1.82, 2.24) is 0 Å². The van der Waals surface area contributed by atoms with Gasteiger partial charge in [0.1, 0.15) is 0 Å². The van der Waals surface area contributed by atoms with Crippen molar-refractivity contribution in [1.29, 1.82) is 0 Å². The Hall–Kier alpha value is -0.970. The number of aryl methyl sites for hydroxylation is 1. The topological polar surface area (TPSA) is 66.6 Å². The van der Waals surface area contributed by atoms with Crippen LogP contribution in [0.4, 0.5) is 5.69 Å². The minimum absolute atomic E-state index is 0.278. The van der Waals surface area contributed by atoms with Crippen molar-refractivity contribution < 1.29 is 9.90 Å². The molecule has 21 heavy (non-hydrogen) atoms. The third-order valence-corrected chi connectivity index (χ3v) is 2.84. The molecule has 0 aromatic heterocycles. The molecule has 1 rings (SSSR count). The standard InChI is InChI=1S/C12H15Cl2NO2.C3H9N/c1-9-2-3-10(12(16)17)8-11(9)15(6-4-13)7-5-14;1-3(2)4/h2-3,8H,4-7H2,1H3,(H,16,17);3H,4H2,1-2H3. The van der Waals surface area contributed by atoms with Crippen molar-refractivity contribution in [2.45, 2.75) is 26.8 Å². The Morgan fingerprint density at radius 2 is 1.76 bits per heavy atom. The van der Waals surface area contributed by atoms with Gasteiger partial charge in [-0.05, 0) is 30.7 Å². The van der Waals surface area contributed by atoms with Crippen LogP contribution in [0.5, 0.6) is 0 Å². The number of hydrogen-bond acceptors (Lipinski definition) is 3. The highest BCUT2D eigenvalue weighted by Crippen LogP contribution is 2.22. The van der Waals surface area contributed by atoms with E-state index in [1.807, 2.05) is 25.7 Å². The molecule has 0 fully saturated rings. The van der Waals surface area contributed by atoms with Gasteiger partial charge in [0.05, 0.1) is 5.56 Å². The summed E-state index contributed by atoms with van der Waals surface area (Å²) in [6, 6.07) is 5.39. The Bertz CT molecular complexity index is 431. The normalized spacial score (nSPS) is 10.0. The SMILES string of the molecule is CC(C)N.Cc1ccc(C(=O)O)cc1N(CCCl)CCCl. The highest BCUT2D eigenvalue weighted by molar-refractivity contribution is 6.18. The molecule has 0 aliphatic heterocycles. The molecule has 0 saturated carbocycles. The van der Waals surface area contributed by atoms with Gasteiger partial charge >= 0.3 is 5.97 Å². The average molecular weight is 335 g/mol. The zero-order chi connectivity index (χ0) is 16.4. The summed E-state index contributed by atoms with van der Waals surface area (Å²) in [5.41, 5.74) is 7.29. The molecule has 1 aromatic rings. The molecule has 0 bridgehead atoms. The number of aromatic carboxylic acids is 1. The van der Waals surface area contributed by atoms with E-state index in [1.165, 1.54) is 0 Å². The first-order chi connectivity index (χ1) is 9.83. The number of carbonyl (C=O) groups is 1. The molecule has 0 spiro atoms. The van der Waals surface area contributed by atoms with Crippen LogP contribution in [0, 0.1) is 6.92 Å². The number of rotatable bonds is 6. The second-order valence-corrected chi connectivity index (χ2v) is 5.67. The van der Waals surface area contributed by atoms with Gasteiger partial charge in [-0.2, -0.15) is 0 Å². The number of nitrogens with zero attached hydrogens (tertiary/aromatic N) is 1. The van der Waals surface area contributed by atoms with E-state index in [0.717, 1.165) is 11.3 Å². The van der Waals surface area contributed by atoms with Crippen LogP contribution in [0.1, 0.15) is 29.8 Å². The van der Waals surface area contributed by atoms with Crippen molar-refractivity contribution >= 4 is 34.9 Å². The molecule has 0 atom stereocenters. The van der Waals surface area contributed by atoms with Gasteiger partial charge in [0.15, 0.2) is 0 Å². The van der Waals surface area contributed by atoms with Gasteiger partial charge in [0, 0.05) is 30.5 Å². The van der Waals surface area contributed by atoms with Crippen LogP contribution in [-0.2, 0) is 0 Å². The third-order valence-electron chi connectivity index (χ3n) is 2.51. The molecular formula is C15H24Cl2N2O2. The van der Waals surface area contributed by atoms with Gasteiger partial charge in [0.2, 0.25) is 0 Å². The average Bonchev–Trinajstić information content (AvgIpc) is 2.38. The monoisotopic (exact) mass is 334 g/mol. The van der Waals surface area contributed by atoms with Gasteiger partial charge in [0.25, 0.3) is 0 Å². The number of benzene rings is 1. The number of hydrogen-bond donors (Lipinski definition) is 2. The number of alkyl halides is 2. The molecule has 1 aromatic carbocycles. The molecule has 0 radical (unpaired) electrons. The second-order valence-electron chi connectivity index (χ2n) is 4.92. The van der Waals surface area contributed by atoms with Gasteiger partial charge in [-0.25, -0.2) is 4.79 Å². The summed E-state index contributed by atoms with van der Waals surface area (Å²) in [5.74, 6) is 0.0318. The Morgan fingerprint density at radius 3 is 2.14 bits per heavy atom. The van der Waals surface area contributed by atoms with Crippen molar-refractivity contribution in [2.24, 2.45) is 5.73 Å². The summed E-state index contributed by atoms with van der Waals surface area (Å²) in [7, 11) is 0. The Morgan fingerprint density at radius 1 is 1.29 bits per heavy atom.